The second-order valence-corrected chi connectivity index (χ2v) is 2.70. The standard InChI is InChI=1S/C11H8N2O2/c1-15-11(14)9-5-8(3-2-4-12)6-10(13)7-9/h5-7H,13H2,1H3. The second kappa shape index (κ2) is 4.69. The zero-order valence-corrected chi connectivity index (χ0v) is 8.07. The summed E-state index contributed by atoms with van der Waals surface area (Å²) >= 11 is 0. The van der Waals surface area contributed by atoms with Gasteiger partial charge in [0, 0.05) is 17.2 Å². The van der Waals surface area contributed by atoms with Crippen LogP contribution in [0.5, 0.6) is 0 Å². The molecule has 0 heterocycles. The van der Waals surface area contributed by atoms with Crippen LogP contribution in [0.15, 0.2) is 18.2 Å². The number of anilines is 1. The molecule has 0 spiro atoms. The van der Waals surface area contributed by atoms with Crippen LogP contribution in [0.4, 0.5) is 5.69 Å². The van der Waals surface area contributed by atoms with Gasteiger partial charge < -0.3 is 10.5 Å². The van der Waals surface area contributed by atoms with Crippen LogP contribution in [-0.2, 0) is 4.74 Å². The van der Waals surface area contributed by atoms with E-state index in [1.807, 2.05) is 0 Å². The molecule has 0 fully saturated rings. The van der Waals surface area contributed by atoms with E-state index < -0.39 is 5.97 Å². The molecule has 4 heteroatoms. The third kappa shape index (κ3) is 2.75. The number of benzene rings is 1. The number of nitrogen functional groups attached to an aromatic ring is 1. The summed E-state index contributed by atoms with van der Waals surface area (Å²) in [4.78, 5) is 11.2. The highest BCUT2D eigenvalue weighted by molar-refractivity contribution is 5.90. The Hall–Kier alpha value is -2.46. The number of rotatable bonds is 1. The van der Waals surface area contributed by atoms with Gasteiger partial charge in [-0.15, -0.1) is 0 Å². The molecule has 0 aliphatic heterocycles. The quantitative estimate of drug-likeness (QED) is 0.415. The molecule has 1 aromatic rings. The Balaban J connectivity index is 3.17. The summed E-state index contributed by atoms with van der Waals surface area (Å²) in [5.74, 6) is 4.30. The van der Waals surface area contributed by atoms with Crippen molar-refractivity contribution in [1.82, 2.24) is 0 Å². The first-order chi connectivity index (χ1) is 7.17. The van der Waals surface area contributed by atoms with Crippen LogP contribution in [0.3, 0.4) is 0 Å². The monoisotopic (exact) mass is 200 g/mol. The molecule has 0 bridgehead atoms. The van der Waals surface area contributed by atoms with E-state index in [9.17, 15) is 4.79 Å². The van der Waals surface area contributed by atoms with Gasteiger partial charge in [-0.05, 0) is 18.2 Å². The molecule has 74 valence electrons. The highest BCUT2D eigenvalue weighted by Crippen LogP contribution is 2.12. The van der Waals surface area contributed by atoms with E-state index >= 15 is 0 Å². The summed E-state index contributed by atoms with van der Waals surface area (Å²) in [6, 6.07) is 6.27. The number of hydrogen-bond acceptors (Lipinski definition) is 4. The van der Waals surface area contributed by atoms with Crippen LogP contribution in [0, 0.1) is 23.2 Å². The first-order valence-corrected chi connectivity index (χ1v) is 4.06. The summed E-state index contributed by atoms with van der Waals surface area (Å²) in [6.07, 6.45) is 0. The van der Waals surface area contributed by atoms with Gasteiger partial charge in [0.05, 0.1) is 12.7 Å². The molecule has 0 atom stereocenters. The van der Waals surface area contributed by atoms with Crippen molar-refractivity contribution in [2.75, 3.05) is 12.8 Å². The maximum atomic E-state index is 11.2. The van der Waals surface area contributed by atoms with Crippen LogP contribution in [0.25, 0.3) is 0 Å². The third-order valence-electron chi connectivity index (χ3n) is 1.64. The van der Waals surface area contributed by atoms with Gasteiger partial charge in [-0.1, -0.05) is 5.92 Å². The Labute approximate surface area is 87.3 Å². The molecule has 1 aromatic carbocycles. The Bertz CT molecular complexity index is 490. The Morgan fingerprint density at radius 3 is 2.80 bits per heavy atom. The fourth-order valence-corrected chi connectivity index (χ4v) is 1.06. The van der Waals surface area contributed by atoms with E-state index in [4.69, 9.17) is 11.0 Å². The fourth-order valence-electron chi connectivity index (χ4n) is 1.06. The summed E-state index contributed by atoms with van der Waals surface area (Å²) in [6.45, 7) is 0. The highest BCUT2D eigenvalue weighted by Gasteiger charge is 2.06. The number of nitriles is 1. The molecule has 0 aliphatic rings. The molecule has 2 N–H and O–H groups in total. The molecule has 1 rings (SSSR count). The number of carbonyl (C=O) groups is 1. The van der Waals surface area contributed by atoms with Crippen molar-refractivity contribution in [3.05, 3.63) is 29.3 Å². The third-order valence-corrected chi connectivity index (χ3v) is 1.64. The molecule has 0 amide bonds. The molecule has 0 saturated heterocycles. The topological polar surface area (TPSA) is 76.1 Å². The van der Waals surface area contributed by atoms with Crippen LogP contribution < -0.4 is 5.73 Å². The van der Waals surface area contributed by atoms with Gasteiger partial charge in [-0.2, -0.15) is 5.26 Å². The molecule has 15 heavy (non-hydrogen) atoms. The lowest BCUT2D eigenvalue weighted by Gasteiger charge is -2.01. The number of nitrogens with zero attached hydrogens (tertiary/aromatic N) is 1. The maximum absolute atomic E-state index is 11.2. The molecular formula is C11H8N2O2. The second-order valence-electron chi connectivity index (χ2n) is 2.70. The number of methoxy groups -OCH3 is 1. The minimum Gasteiger partial charge on any atom is -0.465 e. The molecule has 0 radical (unpaired) electrons. The van der Waals surface area contributed by atoms with Gasteiger partial charge in [0.2, 0.25) is 0 Å². The lowest BCUT2D eigenvalue weighted by Crippen LogP contribution is -2.02. The van der Waals surface area contributed by atoms with E-state index in [1.165, 1.54) is 19.2 Å². The summed E-state index contributed by atoms with van der Waals surface area (Å²) in [5.41, 5.74) is 6.80. The van der Waals surface area contributed by atoms with Crippen molar-refractivity contribution in [3.8, 4) is 17.9 Å². The predicted octanol–water partition coefficient (Wildman–Crippen LogP) is 0.930. The minimum atomic E-state index is -0.484. The van der Waals surface area contributed by atoms with E-state index in [-0.39, 0.29) is 0 Å². The number of esters is 1. The molecule has 0 saturated carbocycles. The lowest BCUT2D eigenvalue weighted by molar-refractivity contribution is 0.0601. The molecule has 4 nitrogen and oxygen atoms in total. The first-order valence-electron chi connectivity index (χ1n) is 4.06. The largest absolute Gasteiger partial charge is 0.465 e. The van der Waals surface area contributed by atoms with Crippen LogP contribution in [0.1, 0.15) is 15.9 Å². The average molecular weight is 200 g/mol. The highest BCUT2D eigenvalue weighted by atomic mass is 16.5. The normalized spacial score (nSPS) is 8.27. The van der Waals surface area contributed by atoms with Crippen molar-refractivity contribution >= 4 is 11.7 Å². The van der Waals surface area contributed by atoms with Gasteiger partial charge in [-0.25, -0.2) is 4.79 Å². The smallest absolute Gasteiger partial charge is 0.337 e. The number of carbonyl (C=O) groups excluding carboxylic acids is 1. The fraction of sp³-hybridized carbons (Fsp3) is 0.0909. The molecule has 0 aromatic heterocycles. The van der Waals surface area contributed by atoms with Gasteiger partial charge in [-0.3, -0.25) is 0 Å². The van der Waals surface area contributed by atoms with Crippen LogP contribution in [-0.4, -0.2) is 13.1 Å². The van der Waals surface area contributed by atoms with Crippen LogP contribution >= 0.6 is 0 Å². The first kappa shape index (κ1) is 10.6. The summed E-state index contributed by atoms with van der Waals surface area (Å²) in [7, 11) is 1.28. The van der Waals surface area contributed by atoms with Gasteiger partial charge >= 0.3 is 5.97 Å². The zero-order valence-electron chi connectivity index (χ0n) is 8.07. The van der Waals surface area contributed by atoms with Crippen molar-refractivity contribution in [3.63, 3.8) is 0 Å². The van der Waals surface area contributed by atoms with Gasteiger partial charge in [0.25, 0.3) is 0 Å². The molecule has 0 unspecified atom stereocenters. The molecule has 0 aliphatic carbocycles. The number of ether oxygens (including phenoxy) is 1. The average Bonchev–Trinajstić information content (AvgIpc) is 2.24. The maximum Gasteiger partial charge on any atom is 0.337 e. The van der Waals surface area contributed by atoms with Gasteiger partial charge in [0.1, 0.15) is 0 Å². The van der Waals surface area contributed by atoms with Crippen LogP contribution in [0.2, 0.25) is 0 Å². The van der Waals surface area contributed by atoms with Crippen molar-refractivity contribution in [1.29, 1.82) is 5.26 Å². The summed E-state index contributed by atoms with van der Waals surface area (Å²) in [5, 5.41) is 8.28. The van der Waals surface area contributed by atoms with E-state index in [0.717, 1.165) is 0 Å². The Morgan fingerprint density at radius 2 is 2.20 bits per heavy atom. The van der Waals surface area contributed by atoms with E-state index in [1.54, 1.807) is 12.1 Å². The Morgan fingerprint density at radius 1 is 1.47 bits per heavy atom. The Kier molecular flexibility index (Phi) is 3.32. The van der Waals surface area contributed by atoms with Crippen molar-refractivity contribution in [2.24, 2.45) is 0 Å². The predicted molar refractivity (Wildman–Crippen MR) is 54.7 cm³/mol. The van der Waals surface area contributed by atoms with E-state index in [2.05, 4.69) is 16.6 Å². The number of nitrogens with two attached hydrogens (primary N) is 1. The van der Waals surface area contributed by atoms with Crippen molar-refractivity contribution < 1.29 is 9.53 Å². The minimum absolute atomic E-state index is 0.319. The van der Waals surface area contributed by atoms with Gasteiger partial charge in [0.15, 0.2) is 6.07 Å². The number of hydrogen-bond donors (Lipinski definition) is 1. The zero-order chi connectivity index (χ0) is 11.3. The van der Waals surface area contributed by atoms with E-state index in [0.29, 0.717) is 16.8 Å². The lowest BCUT2D eigenvalue weighted by atomic mass is 10.1. The summed E-state index contributed by atoms with van der Waals surface area (Å²) < 4.78 is 4.54. The van der Waals surface area contributed by atoms with Crippen molar-refractivity contribution in [2.45, 2.75) is 0 Å². The SMILES string of the molecule is COC(=O)c1cc(N)cc(C#CC#N)c1. The molecular weight excluding hydrogens is 192 g/mol.